The van der Waals surface area contributed by atoms with Gasteiger partial charge in [0.2, 0.25) is 0 Å². The highest BCUT2D eigenvalue weighted by molar-refractivity contribution is 7.90. The van der Waals surface area contributed by atoms with Gasteiger partial charge in [-0.3, -0.25) is 4.79 Å². The molecule has 3 heterocycles. The summed E-state index contributed by atoms with van der Waals surface area (Å²) in [6, 6.07) is 8.44. The van der Waals surface area contributed by atoms with E-state index in [0.717, 1.165) is 25.1 Å². The molecular formula is C22H20FN3O4S. The Morgan fingerprint density at radius 3 is 2.77 bits per heavy atom. The van der Waals surface area contributed by atoms with Gasteiger partial charge in [-0.2, -0.15) is 0 Å². The minimum absolute atomic E-state index is 0.0209. The minimum Gasteiger partial charge on any atom is -0.482 e. The average molecular weight is 441 g/mol. The zero-order valence-corrected chi connectivity index (χ0v) is 17.6. The van der Waals surface area contributed by atoms with Gasteiger partial charge in [0.1, 0.15) is 11.6 Å². The molecule has 3 aromatic rings. The number of nitrogens with one attached hydrogen (secondary N) is 1. The largest absolute Gasteiger partial charge is 0.482 e. The molecule has 2 aliphatic heterocycles. The van der Waals surface area contributed by atoms with E-state index in [1.807, 2.05) is 7.05 Å². The van der Waals surface area contributed by atoms with Gasteiger partial charge in [0.15, 0.2) is 6.61 Å². The number of carbonyl (C=O) groups is 1. The van der Waals surface area contributed by atoms with Gasteiger partial charge in [0.25, 0.3) is 15.9 Å². The number of halogens is 1. The summed E-state index contributed by atoms with van der Waals surface area (Å²) >= 11 is 0. The summed E-state index contributed by atoms with van der Waals surface area (Å²) in [6.07, 6.45) is 4.37. The average Bonchev–Trinajstić information content (AvgIpc) is 3.13. The Balaban J connectivity index is 1.65. The summed E-state index contributed by atoms with van der Waals surface area (Å²) in [7, 11) is -1.98. The van der Waals surface area contributed by atoms with E-state index in [-0.39, 0.29) is 17.4 Å². The number of likely N-dealkylation sites (N-methyl/N-ethyl adjacent to an activating group) is 1. The molecule has 0 saturated carbocycles. The van der Waals surface area contributed by atoms with Gasteiger partial charge in [-0.1, -0.05) is 6.08 Å². The minimum atomic E-state index is -3.99. The van der Waals surface area contributed by atoms with Crippen molar-refractivity contribution in [3.8, 4) is 5.75 Å². The zero-order valence-electron chi connectivity index (χ0n) is 16.8. The van der Waals surface area contributed by atoms with Gasteiger partial charge in [-0.25, -0.2) is 16.8 Å². The lowest BCUT2D eigenvalue weighted by molar-refractivity contribution is -0.118. The second kappa shape index (κ2) is 7.21. The van der Waals surface area contributed by atoms with Crippen molar-refractivity contribution in [3.05, 3.63) is 60.1 Å². The van der Waals surface area contributed by atoms with E-state index in [0.29, 0.717) is 27.9 Å². The molecule has 1 amide bonds. The third-order valence-corrected chi connectivity index (χ3v) is 7.30. The number of anilines is 1. The number of benzene rings is 2. The fourth-order valence-corrected chi connectivity index (χ4v) is 5.36. The van der Waals surface area contributed by atoms with Crippen LogP contribution in [0.1, 0.15) is 12.0 Å². The number of ether oxygens (including phenoxy) is 1. The van der Waals surface area contributed by atoms with Crippen LogP contribution in [-0.2, 0) is 14.8 Å². The SMILES string of the molecule is CN1CC=C(c2cn(S(=O)(=O)c3ccc4c(c3)OCC(=O)N4)c3ccc(F)cc23)CC1. The molecule has 0 bridgehead atoms. The summed E-state index contributed by atoms with van der Waals surface area (Å²) in [5.41, 5.74) is 2.54. The van der Waals surface area contributed by atoms with E-state index in [9.17, 15) is 17.6 Å². The van der Waals surface area contributed by atoms with Crippen LogP contribution in [0.2, 0.25) is 0 Å². The number of amides is 1. The van der Waals surface area contributed by atoms with Crippen LogP contribution in [0.3, 0.4) is 0 Å². The first kappa shape index (κ1) is 19.8. The van der Waals surface area contributed by atoms with Crippen LogP contribution < -0.4 is 10.1 Å². The van der Waals surface area contributed by atoms with Gasteiger partial charge in [0.05, 0.1) is 16.1 Å². The number of hydrogen-bond donors (Lipinski definition) is 1. The van der Waals surface area contributed by atoms with Crippen LogP contribution in [0, 0.1) is 5.82 Å². The van der Waals surface area contributed by atoms with Crippen molar-refractivity contribution < 1.29 is 22.3 Å². The number of fused-ring (bicyclic) bond motifs is 2. The molecule has 0 spiro atoms. The maximum Gasteiger partial charge on any atom is 0.268 e. The Kier molecular flexibility index (Phi) is 4.60. The molecular weight excluding hydrogens is 421 g/mol. The summed E-state index contributed by atoms with van der Waals surface area (Å²) in [6.45, 7) is 1.42. The lowest BCUT2D eigenvalue weighted by atomic mass is 9.99. The summed E-state index contributed by atoms with van der Waals surface area (Å²) in [5, 5.41) is 3.20. The van der Waals surface area contributed by atoms with Crippen LogP contribution in [0.25, 0.3) is 16.5 Å². The molecule has 0 radical (unpaired) electrons. The zero-order chi connectivity index (χ0) is 21.8. The normalized spacial score (nSPS) is 17.1. The maximum atomic E-state index is 14.1. The summed E-state index contributed by atoms with van der Waals surface area (Å²) in [5.74, 6) is -0.422. The lowest BCUT2D eigenvalue weighted by Crippen LogP contribution is -2.25. The molecule has 7 nitrogen and oxygen atoms in total. The molecule has 2 aromatic carbocycles. The van der Waals surface area contributed by atoms with Crippen molar-refractivity contribution in [1.29, 1.82) is 0 Å². The smallest absolute Gasteiger partial charge is 0.268 e. The van der Waals surface area contributed by atoms with Crippen molar-refractivity contribution in [2.75, 3.05) is 32.1 Å². The summed E-state index contributed by atoms with van der Waals surface area (Å²) in [4.78, 5) is 13.7. The fourth-order valence-electron chi connectivity index (χ4n) is 3.97. The highest BCUT2D eigenvalue weighted by atomic mass is 32.2. The second-order valence-corrected chi connectivity index (χ2v) is 9.56. The van der Waals surface area contributed by atoms with Crippen molar-refractivity contribution in [2.24, 2.45) is 0 Å². The van der Waals surface area contributed by atoms with E-state index < -0.39 is 15.8 Å². The van der Waals surface area contributed by atoms with Crippen LogP contribution in [-0.4, -0.2) is 49.9 Å². The van der Waals surface area contributed by atoms with Crippen molar-refractivity contribution in [3.63, 3.8) is 0 Å². The van der Waals surface area contributed by atoms with Crippen molar-refractivity contribution in [2.45, 2.75) is 11.3 Å². The molecule has 0 aliphatic carbocycles. The topological polar surface area (TPSA) is 80.6 Å². The van der Waals surface area contributed by atoms with Crippen molar-refractivity contribution in [1.82, 2.24) is 8.87 Å². The summed E-state index contributed by atoms with van der Waals surface area (Å²) < 4.78 is 47.7. The third kappa shape index (κ3) is 3.39. The Morgan fingerprint density at radius 2 is 2.00 bits per heavy atom. The monoisotopic (exact) mass is 441 g/mol. The quantitative estimate of drug-likeness (QED) is 0.676. The molecule has 5 rings (SSSR count). The van der Waals surface area contributed by atoms with E-state index in [4.69, 9.17) is 4.74 Å². The molecule has 31 heavy (non-hydrogen) atoms. The Labute approximate surface area is 178 Å². The second-order valence-electron chi connectivity index (χ2n) is 7.74. The number of hydrogen-bond acceptors (Lipinski definition) is 5. The van der Waals surface area contributed by atoms with E-state index >= 15 is 0 Å². The first-order chi connectivity index (χ1) is 14.8. The van der Waals surface area contributed by atoms with Crippen LogP contribution >= 0.6 is 0 Å². The molecule has 1 aromatic heterocycles. The Hall–Kier alpha value is -3.17. The standard InChI is InChI=1S/C22H20FN3O4S/c1-25-8-6-14(7-9-25)18-12-26(20-5-2-15(23)10-17(18)20)31(28,29)16-3-4-19-21(11-16)30-13-22(27)24-19/h2-6,10-12H,7-9,13H2,1H3,(H,24,27). The number of aromatic nitrogens is 1. The molecule has 0 fully saturated rings. The van der Waals surface area contributed by atoms with Crippen molar-refractivity contribution >= 4 is 38.1 Å². The van der Waals surface area contributed by atoms with Gasteiger partial charge in [-0.05, 0) is 49.4 Å². The molecule has 160 valence electrons. The highest BCUT2D eigenvalue weighted by Gasteiger charge is 2.26. The highest BCUT2D eigenvalue weighted by Crippen LogP contribution is 2.35. The maximum absolute atomic E-state index is 14.1. The predicted molar refractivity (Wildman–Crippen MR) is 115 cm³/mol. The molecule has 0 unspecified atom stereocenters. The Bertz CT molecular complexity index is 1360. The first-order valence-electron chi connectivity index (χ1n) is 9.84. The third-order valence-electron chi connectivity index (χ3n) is 5.63. The Morgan fingerprint density at radius 1 is 1.16 bits per heavy atom. The predicted octanol–water partition coefficient (Wildman–Crippen LogP) is 3.07. The van der Waals surface area contributed by atoms with Gasteiger partial charge < -0.3 is 15.0 Å². The molecule has 2 aliphatic rings. The van der Waals surface area contributed by atoms with Crippen LogP contribution in [0.4, 0.5) is 10.1 Å². The van der Waals surface area contributed by atoms with E-state index in [1.54, 1.807) is 6.20 Å². The molecule has 0 atom stereocenters. The fraction of sp³-hybridized carbons (Fsp3) is 0.227. The van der Waals surface area contributed by atoms with E-state index in [1.165, 1.54) is 40.4 Å². The number of carbonyl (C=O) groups excluding carboxylic acids is 1. The van der Waals surface area contributed by atoms with Gasteiger partial charge >= 0.3 is 0 Å². The van der Waals surface area contributed by atoms with Crippen LogP contribution in [0.5, 0.6) is 5.75 Å². The first-order valence-corrected chi connectivity index (χ1v) is 11.3. The molecule has 0 saturated heterocycles. The van der Waals surface area contributed by atoms with Crippen LogP contribution in [0.15, 0.2) is 53.6 Å². The van der Waals surface area contributed by atoms with E-state index in [2.05, 4.69) is 16.3 Å². The molecule has 1 N–H and O–H groups in total. The van der Waals surface area contributed by atoms with Gasteiger partial charge in [-0.15, -0.1) is 0 Å². The number of rotatable bonds is 3. The number of nitrogens with zero attached hydrogens (tertiary/aromatic N) is 2. The van der Waals surface area contributed by atoms with Gasteiger partial charge in [0, 0.05) is 36.3 Å². The molecule has 9 heteroatoms. The lowest BCUT2D eigenvalue weighted by Gasteiger charge is -2.21.